The molecule has 2 aromatic rings. The van der Waals surface area contributed by atoms with E-state index >= 15 is 0 Å². The van der Waals surface area contributed by atoms with Crippen LogP contribution in [0.1, 0.15) is 51.6 Å². The van der Waals surface area contributed by atoms with Crippen molar-refractivity contribution in [3.05, 3.63) is 64.7 Å². The van der Waals surface area contributed by atoms with Gasteiger partial charge in [-0.1, -0.05) is 12.1 Å². The zero-order chi connectivity index (χ0) is 21.7. The molecule has 1 N–H and O–H groups in total. The van der Waals surface area contributed by atoms with Crippen molar-refractivity contribution in [1.82, 2.24) is 4.72 Å². The number of hydrogen-bond acceptors (Lipinski definition) is 6. The number of fused-ring (bicyclic) bond motifs is 1. The van der Waals surface area contributed by atoms with E-state index in [2.05, 4.69) is 4.72 Å². The number of nitrogens with zero attached hydrogens (tertiary/aromatic N) is 1. The predicted molar refractivity (Wildman–Crippen MR) is 110 cm³/mol. The fourth-order valence-corrected chi connectivity index (χ4v) is 4.37. The van der Waals surface area contributed by atoms with Crippen LogP contribution in [-0.2, 0) is 27.6 Å². The van der Waals surface area contributed by atoms with Gasteiger partial charge in [0, 0.05) is 18.5 Å². The molecule has 0 spiro atoms. The second-order valence-electron chi connectivity index (χ2n) is 7.08. The third kappa shape index (κ3) is 4.93. The normalized spacial score (nSPS) is 13.9. The van der Waals surface area contributed by atoms with Gasteiger partial charge in [0.1, 0.15) is 0 Å². The predicted octanol–water partition coefficient (Wildman–Crippen LogP) is 2.80. The molecule has 2 aromatic carbocycles. The van der Waals surface area contributed by atoms with Gasteiger partial charge >= 0.3 is 5.97 Å². The Morgan fingerprint density at radius 1 is 1.10 bits per heavy atom. The van der Waals surface area contributed by atoms with Gasteiger partial charge in [0.2, 0.25) is 15.8 Å². The monoisotopic (exact) mass is 426 g/mol. The van der Waals surface area contributed by atoms with Crippen LogP contribution in [0.15, 0.2) is 47.4 Å². The van der Waals surface area contributed by atoms with Gasteiger partial charge in [-0.3, -0.25) is 4.79 Å². The number of esters is 1. The maximum Gasteiger partial charge on any atom is 0.338 e. The molecule has 0 radical (unpaired) electrons. The van der Waals surface area contributed by atoms with Gasteiger partial charge in [-0.15, -0.1) is 0 Å². The fourth-order valence-electron chi connectivity index (χ4n) is 3.34. The van der Waals surface area contributed by atoms with Gasteiger partial charge in [0.05, 0.1) is 16.5 Å². The fraction of sp³-hybridized carbons (Fsp3) is 0.318. The van der Waals surface area contributed by atoms with Crippen LogP contribution in [0.4, 0.5) is 0 Å². The van der Waals surface area contributed by atoms with E-state index in [-0.39, 0.29) is 29.2 Å². The number of benzene rings is 2. The van der Waals surface area contributed by atoms with Gasteiger partial charge in [0.15, 0.2) is 6.10 Å². The lowest BCUT2D eigenvalue weighted by Crippen LogP contribution is -2.25. The molecule has 0 saturated carbocycles. The molecule has 0 fully saturated rings. The molecule has 0 saturated heterocycles. The van der Waals surface area contributed by atoms with Gasteiger partial charge in [0.25, 0.3) is 0 Å². The second kappa shape index (κ2) is 9.20. The van der Waals surface area contributed by atoms with Crippen LogP contribution in [0.5, 0.6) is 0 Å². The number of aryl methyl sites for hydroxylation is 2. The smallest absolute Gasteiger partial charge is 0.338 e. The summed E-state index contributed by atoms with van der Waals surface area (Å²) in [5.74, 6) is -0.989. The van der Waals surface area contributed by atoms with Gasteiger partial charge < -0.3 is 4.74 Å². The van der Waals surface area contributed by atoms with E-state index in [1.165, 1.54) is 42.3 Å². The lowest BCUT2D eigenvalue weighted by atomic mass is 10.0. The number of hydrogen-bond donors (Lipinski definition) is 1. The maximum absolute atomic E-state index is 12.6. The number of nitrogens with one attached hydrogen (secondary N) is 1. The minimum absolute atomic E-state index is 0.00491. The Labute approximate surface area is 175 Å². The van der Waals surface area contributed by atoms with E-state index in [0.29, 0.717) is 5.56 Å². The first-order valence-corrected chi connectivity index (χ1v) is 11.1. The Morgan fingerprint density at radius 3 is 2.47 bits per heavy atom. The zero-order valence-electron chi connectivity index (χ0n) is 16.6. The number of sulfonamides is 1. The lowest BCUT2D eigenvalue weighted by molar-refractivity contribution is 0.0318. The standard InChI is InChI=1S/C22H22N2O5S/c1-15(21(25)19-7-6-16-4-2-5-18(16)14-19)29-22(26)17-8-10-20(11-9-17)30(27,28)24-13-3-12-23/h6-11,14-15,24H,2-5,13H2,1H3. The van der Waals surface area contributed by atoms with E-state index < -0.39 is 22.1 Å². The van der Waals surface area contributed by atoms with Crippen LogP contribution in [0, 0.1) is 11.3 Å². The minimum atomic E-state index is -3.76. The molecule has 1 aliphatic carbocycles. The van der Waals surface area contributed by atoms with Crippen LogP contribution < -0.4 is 4.72 Å². The summed E-state index contributed by atoms with van der Waals surface area (Å²) in [5.41, 5.74) is 3.08. The van der Waals surface area contributed by atoms with Crippen molar-refractivity contribution in [2.75, 3.05) is 6.54 Å². The molecule has 0 aliphatic heterocycles. The third-order valence-corrected chi connectivity index (χ3v) is 6.44. The maximum atomic E-state index is 12.6. The van der Waals surface area contributed by atoms with Crippen LogP contribution in [0.2, 0.25) is 0 Å². The number of rotatable bonds is 8. The first-order valence-electron chi connectivity index (χ1n) is 9.65. The van der Waals surface area contributed by atoms with E-state index in [9.17, 15) is 18.0 Å². The highest BCUT2D eigenvalue weighted by molar-refractivity contribution is 7.89. The number of carbonyl (C=O) groups excluding carboxylic acids is 2. The molecule has 1 unspecified atom stereocenters. The van der Waals surface area contributed by atoms with Crippen LogP contribution >= 0.6 is 0 Å². The minimum Gasteiger partial charge on any atom is -0.451 e. The summed E-state index contributed by atoms with van der Waals surface area (Å²) in [6.07, 6.45) is 2.14. The van der Waals surface area contributed by atoms with Crippen molar-refractivity contribution in [2.24, 2.45) is 0 Å². The molecule has 156 valence electrons. The van der Waals surface area contributed by atoms with Crippen molar-refractivity contribution in [1.29, 1.82) is 5.26 Å². The Kier molecular flexibility index (Phi) is 6.65. The van der Waals surface area contributed by atoms with Crippen molar-refractivity contribution in [3.63, 3.8) is 0 Å². The molecule has 0 bridgehead atoms. The molecular weight excluding hydrogens is 404 g/mol. The Bertz CT molecular complexity index is 1100. The molecule has 0 heterocycles. The summed E-state index contributed by atoms with van der Waals surface area (Å²) in [4.78, 5) is 25.0. The lowest BCUT2D eigenvalue weighted by Gasteiger charge is -2.13. The molecule has 30 heavy (non-hydrogen) atoms. The summed E-state index contributed by atoms with van der Waals surface area (Å²) < 4.78 is 31.8. The summed E-state index contributed by atoms with van der Waals surface area (Å²) >= 11 is 0. The van der Waals surface area contributed by atoms with Crippen molar-refractivity contribution < 1.29 is 22.7 Å². The number of ether oxygens (including phenoxy) is 1. The summed E-state index contributed by atoms with van der Waals surface area (Å²) in [6.45, 7) is 1.52. The molecule has 1 aliphatic rings. The molecule has 0 aromatic heterocycles. The van der Waals surface area contributed by atoms with E-state index in [4.69, 9.17) is 10.00 Å². The topological polar surface area (TPSA) is 113 Å². The van der Waals surface area contributed by atoms with E-state index in [0.717, 1.165) is 19.3 Å². The van der Waals surface area contributed by atoms with Crippen molar-refractivity contribution in [2.45, 2.75) is 43.6 Å². The number of carbonyl (C=O) groups is 2. The molecule has 8 heteroatoms. The second-order valence-corrected chi connectivity index (χ2v) is 8.85. The molecule has 7 nitrogen and oxygen atoms in total. The quantitative estimate of drug-likeness (QED) is 0.394. The SMILES string of the molecule is CC(OC(=O)c1ccc(S(=O)(=O)NCCC#N)cc1)C(=O)c1ccc2c(c1)CCC2. The van der Waals surface area contributed by atoms with Crippen LogP contribution in [-0.4, -0.2) is 32.8 Å². The third-order valence-electron chi connectivity index (χ3n) is 4.97. The molecular formula is C22H22N2O5S. The summed E-state index contributed by atoms with van der Waals surface area (Å²) in [6, 6.07) is 12.6. The van der Waals surface area contributed by atoms with Gasteiger partial charge in [-0.25, -0.2) is 17.9 Å². The van der Waals surface area contributed by atoms with E-state index in [1.54, 1.807) is 6.07 Å². The van der Waals surface area contributed by atoms with Gasteiger partial charge in [-0.05, 0) is 67.6 Å². The number of ketones is 1. The summed E-state index contributed by atoms with van der Waals surface area (Å²) in [7, 11) is -3.76. The van der Waals surface area contributed by atoms with E-state index in [1.807, 2.05) is 18.2 Å². The molecule has 1 atom stereocenters. The Morgan fingerprint density at radius 2 is 1.77 bits per heavy atom. The average molecular weight is 426 g/mol. The summed E-state index contributed by atoms with van der Waals surface area (Å²) in [5, 5.41) is 8.50. The highest BCUT2D eigenvalue weighted by Gasteiger charge is 2.23. The highest BCUT2D eigenvalue weighted by atomic mass is 32.2. The number of Topliss-reactive ketones (excluding diaryl/α,β-unsaturated/α-hetero) is 1. The first kappa shape index (κ1) is 21.7. The zero-order valence-corrected chi connectivity index (χ0v) is 17.4. The van der Waals surface area contributed by atoms with Crippen molar-refractivity contribution in [3.8, 4) is 6.07 Å². The number of nitriles is 1. The highest BCUT2D eigenvalue weighted by Crippen LogP contribution is 2.24. The average Bonchev–Trinajstić information content (AvgIpc) is 3.21. The van der Waals surface area contributed by atoms with Crippen molar-refractivity contribution >= 4 is 21.8 Å². The molecule has 3 rings (SSSR count). The Hall–Kier alpha value is -3.02. The van der Waals surface area contributed by atoms with Crippen LogP contribution in [0.25, 0.3) is 0 Å². The van der Waals surface area contributed by atoms with Crippen LogP contribution in [0.3, 0.4) is 0 Å². The largest absolute Gasteiger partial charge is 0.451 e. The first-order chi connectivity index (χ1) is 14.3. The Balaban J connectivity index is 1.64. The van der Waals surface area contributed by atoms with Gasteiger partial charge in [-0.2, -0.15) is 5.26 Å². The molecule has 0 amide bonds.